The molecule has 0 aliphatic rings. The summed E-state index contributed by atoms with van der Waals surface area (Å²) in [6.07, 6.45) is 3.23. The van der Waals surface area contributed by atoms with Crippen LogP contribution in [-0.2, 0) is 18.4 Å². The smallest absolute Gasteiger partial charge is 0.191 e. The molecule has 0 fully saturated rings. The number of furan rings is 2. The lowest BCUT2D eigenvalue weighted by Crippen LogP contribution is -2.40. The molecule has 1 atom stereocenters. The zero-order valence-electron chi connectivity index (χ0n) is 18.8. The van der Waals surface area contributed by atoms with E-state index in [9.17, 15) is 5.11 Å². The molecule has 0 amide bonds. The second-order valence-electron chi connectivity index (χ2n) is 7.63. The van der Waals surface area contributed by atoms with Gasteiger partial charge in [0.2, 0.25) is 0 Å². The van der Waals surface area contributed by atoms with E-state index in [1.54, 1.807) is 26.4 Å². The van der Waals surface area contributed by atoms with Gasteiger partial charge in [-0.2, -0.15) is 0 Å². The lowest BCUT2D eigenvalue weighted by atomic mass is 10.0. The maximum absolute atomic E-state index is 10.8. The van der Waals surface area contributed by atoms with Crippen molar-refractivity contribution in [3.8, 4) is 5.75 Å². The Hall–Kier alpha value is -2.46. The van der Waals surface area contributed by atoms with Gasteiger partial charge in [-0.25, -0.2) is 4.99 Å². The van der Waals surface area contributed by atoms with Crippen molar-refractivity contribution in [2.24, 2.45) is 4.99 Å². The molecule has 8 heteroatoms. The predicted octanol–water partition coefficient (Wildman–Crippen LogP) is 4.04. The van der Waals surface area contributed by atoms with E-state index < -0.39 is 5.60 Å². The average molecular weight is 553 g/mol. The van der Waals surface area contributed by atoms with Crippen LogP contribution in [0, 0.1) is 6.92 Å². The third-order valence-electron chi connectivity index (χ3n) is 4.93. The van der Waals surface area contributed by atoms with E-state index in [0.29, 0.717) is 24.8 Å². The zero-order chi connectivity index (χ0) is 22.1. The molecule has 0 bridgehead atoms. The number of halogens is 1. The number of hydrogen-bond acceptors (Lipinski definition) is 5. The highest BCUT2D eigenvalue weighted by Crippen LogP contribution is 2.23. The highest BCUT2D eigenvalue weighted by Gasteiger charge is 2.26. The van der Waals surface area contributed by atoms with Gasteiger partial charge >= 0.3 is 0 Å². The number of nitrogens with zero attached hydrogens (tertiary/aromatic N) is 1. The van der Waals surface area contributed by atoms with Crippen molar-refractivity contribution in [3.05, 3.63) is 77.6 Å². The molecule has 0 saturated carbocycles. The van der Waals surface area contributed by atoms with Gasteiger partial charge in [0.1, 0.15) is 28.6 Å². The molecule has 1 unspecified atom stereocenters. The fourth-order valence-corrected chi connectivity index (χ4v) is 3.09. The Bertz CT molecular complexity index is 950. The van der Waals surface area contributed by atoms with Crippen LogP contribution < -0.4 is 15.4 Å². The van der Waals surface area contributed by atoms with Gasteiger partial charge < -0.3 is 29.3 Å². The quantitative estimate of drug-likeness (QED) is 0.200. The van der Waals surface area contributed by atoms with Crippen LogP contribution in [0.2, 0.25) is 0 Å². The maximum Gasteiger partial charge on any atom is 0.191 e. The zero-order valence-corrected chi connectivity index (χ0v) is 21.1. The van der Waals surface area contributed by atoms with Crippen molar-refractivity contribution in [3.63, 3.8) is 0 Å². The molecule has 0 saturated heterocycles. The van der Waals surface area contributed by atoms with Crippen LogP contribution in [0.5, 0.6) is 5.75 Å². The molecule has 32 heavy (non-hydrogen) atoms. The first-order valence-electron chi connectivity index (χ1n) is 10.4. The SMILES string of the molecule is COc1ccc(CCNC(=NCC(C)(O)c2ccc(C)o2)NCCc2ccco2)cc1.I. The number of aliphatic imine (C=N–C) groups is 1. The monoisotopic (exact) mass is 553 g/mol. The van der Waals surface area contributed by atoms with Crippen molar-refractivity contribution in [2.75, 3.05) is 26.7 Å². The topological polar surface area (TPSA) is 92.2 Å². The van der Waals surface area contributed by atoms with Crippen LogP contribution in [0.15, 0.2) is 68.6 Å². The van der Waals surface area contributed by atoms with Crippen LogP contribution in [-0.4, -0.2) is 37.8 Å². The van der Waals surface area contributed by atoms with Crippen LogP contribution in [0.3, 0.4) is 0 Å². The number of nitrogens with one attached hydrogen (secondary N) is 2. The number of aryl methyl sites for hydroxylation is 1. The van der Waals surface area contributed by atoms with E-state index in [2.05, 4.69) is 15.6 Å². The summed E-state index contributed by atoms with van der Waals surface area (Å²) in [4.78, 5) is 4.59. The first-order chi connectivity index (χ1) is 15.0. The molecule has 1 aromatic carbocycles. The lowest BCUT2D eigenvalue weighted by molar-refractivity contribution is 0.0428. The van der Waals surface area contributed by atoms with Crippen LogP contribution in [0.25, 0.3) is 0 Å². The third-order valence-corrected chi connectivity index (χ3v) is 4.93. The highest BCUT2D eigenvalue weighted by atomic mass is 127. The molecular weight excluding hydrogens is 521 g/mol. The van der Waals surface area contributed by atoms with E-state index in [-0.39, 0.29) is 30.5 Å². The van der Waals surface area contributed by atoms with Crippen molar-refractivity contribution in [2.45, 2.75) is 32.3 Å². The average Bonchev–Trinajstić information content (AvgIpc) is 3.44. The fraction of sp³-hybridized carbons (Fsp3) is 0.375. The van der Waals surface area contributed by atoms with Gasteiger partial charge in [-0.05, 0) is 62.2 Å². The van der Waals surface area contributed by atoms with Crippen LogP contribution in [0.1, 0.15) is 29.8 Å². The number of hydrogen-bond donors (Lipinski definition) is 3. The Morgan fingerprint density at radius 3 is 2.38 bits per heavy atom. The van der Waals surface area contributed by atoms with E-state index in [1.807, 2.05) is 49.4 Å². The first-order valence-corrected chi connectivity index (χ1v) is 10.4. The van der Waals surface area contributed by atoms with E-state index in [4.69, 9.17) is 13.6 Å². The molecule has 7 nitrogen and oxygen atoms in total. The molecule has 0 aliphatic heterocycles. The Morgan fingerprint density at radius 1 is 1.06 bits per heavy atom. The summed E-state index contributed by atoms with van der Waals surface area (Å²) in [5.41, 5.74) is 0.00106. The van der Waals surface area contributed by atoms with Crippen molar-refractivity contribution in [1.29, 1.82) is 0 Å². The lowest BCUT2D eigenvalue weighted by Gasteiger charge is -2.20. The number of methoxy groups -OCH3 is 1. The fourth-order valence-electron chi connectivity index (χ4n) is 3.09. The second kappa shape index (κ2) is 12.5. The Labute approximate surface area is 206 Å². The minimum atomic E-state index is -1.19. The van der Waals surface area contributed by atoms with Crippen molar-refractivity contribution >= 4 is 29.9 Å². The summed E-state index contributed by atoms with van der Waals surface area (Å²) in [5, 5.41) is 17.4. The summed E-state index contributed by atoms with van der Waals surface area (Å²) < 4.78 is 16.2. The molecule has 3 rings (SSSR count). The Balaban J connectivity index is 0.00000363. The highest BCUT2D eigenvalue weighted by molar-refractivity contribution is 14.0. The Morgan fingerprint density at radius 2 is 1.78 bits per heavy atom. The van der Waals surface area contributed by atoms with Crippen molar-refractivity contribution < 1.29 is 18.7 Å². The number of rotatable bonds is 10. The molecule has 2 aromatic heterocycles. The molecule has 3 aromatic rings. The van der Waals surface area contributed by atoms with Gasteiger partial charge in [0.05, 0.1) is 19.9 Å². The maximum atomic E-state index is 10.8. The predicted molar refractivity (Wildman–Crippen MR) is 136 cm³/mol. The molecule has 0 radical (unpaired) electrons. The summed E-state index contributed by atoms with van der Waals surface area (Å²) in [6, 6.07) is 15.4. The summed E-state index contributed by atoms with van der Waals surface area (Å²) in [7, 11) is 1.66. The van der Waals surface area contributed by atoms with Crippen molar-refractivity contribution in [1.82, 2.24) is 10.6 Å². The first kappa shape index (κ1) is 25.8. The summed E-state index contributed by atoms with van der Waals surface area (Å²) >= 11 is 0. The largest absolute Gasteiger partial charge is 0.497 e. The number of guanidine groups is 1. The summed E-state index contributed by atoms with van der Waals surface area (Å²) in [6.45, 7) is 5.07. The molecular formula is C24H32IN3O4. The minimum Gasteiger partial charge on any atom is -0.497 e. The van der Waals surface area contributed by atoms with E-state index >= 15 is 0 Å². The third kappa shape index (κ3) is 7.90. The van der Waals surface area contributed by atoms with Crippen LogP contribution >= 0.6 is 24.0 Å². The van der Waals surface area contributed by atoms with Gasteiger partial charge in [0, 0.05) is 19.5 Å². The molecule has 174 valence electrons. The number of aliphatic hydroxyl groups is 1. The number of benzene rings is 1. The molecule has 0 aliphatic carbocycles. The molecule has 2 heterocycles. The Kier molecular flexibility index (Phi) is 10.1. The van der Waals surface area contributed by atoms with Gasteiger partial charge in [0.25, 0.3) is 0 Å². The van der Waals surface area contributed by atoms with Gasteiger partial charge in [-0.15, -0.1) is 24.0 Å². The standard InChI is InChI=1S/C24H31N3O4.HI/c1-18-6-11-22(31-18)24(2,28)17-27-23(26-15-13-21-5-4-16-30-21)25-14-12-19-7-9-20(29-3)10-8-19;/h4-11,16,28H,12-15,17H2,1-3H3,(H2,25,26,27);1H. The summed E-state index contributed by atoms with van der Waals surface area (Å²) in [5.74, 6) is 3.64. The minimum absolute atomic E-state index is 0. The molecule has 0 spiro atoms. The number of ether oxygens (including phenoxy) is 1. The normalized spacial score (nSPS) is 13.2. The second-order valence-corrected chi connectivity index (χ2v) is 7.63. The van der Waals surface area contributed by atoms with E-state index in [1.165, 1.54) is 5.56 Å². The molecule has 3 N–H and O–H groups in total. The van der Waals surface area contributed by atoms with Gasteiger partial charge in [-0.3, -0.25) is 0 Å². The van der Waals surface area contributed by atoms with E-state index in [0.717, 1.165) is 30.1 Å². The van der Waals surface area contributed by atoms with Crippen LogP contribution in [0.4, 0.5) is 0 Å². The van der Waals surface area contributed by atoms with Gasteiger partial charge in [-0.1, -0.05) is 12.1 Å². The van der Waals surface area contributed by atoms with Gasteiger partial charge in [0.15, 0.2) is 5.96 Å².